The smallest absolute Gasteiger partial charge is 0.326 e. The Hall–Kier alpha value is -2.90. The molecule has 1 saturated heterocycles. The second kappa shape index (κ2) is 6.31. The van der Waals surface area contributed by atoms with E-state index >= 15 is 0 Å². The molecule has 0 aromatic carbocycles. The maximum atomic E-state index is 12.7. The van der Waals surface area contributed by atoms with Gasteiger partial charge in [-0.15, -0.1) is 0 Å². The van der Waals surface area contributed by atoms with Crippen LogP contribution in [0.5, 0.6) is 0 Å². The monoisotopic (exact) mass is 329 g/mol. The Morgan fingerprint density at radius 1 is 1.29 bits per heavy atom. The first-order valence-corrected chi connectivity index (χ1v) is 7.73. The number of likely N-dealkylation sites (tertiary alicyclic amines) is 1. The number of H-pyrrole nitrogens is 2. The van der Waals surface area contributed by atoms with Gasteiger partial charge in [-0.25, -0.2) is 9.78 Å². The van der Waals surface area contributed by atoms with Gasteiger partial charge in [0, 0.05) is 32.9 Å². The highest BCUT2D eigenvalue weighted by atomic mass is 16.2. The van der Waals surface area contributed by atoms with E-state index in [9.17, 15) is 14.4 Å². The molecule has 24 heavy (non-hydrogen) atoms. The highest BCUT2D eigenvalue weighted by Gasteiger charge is 2.31. The van der Waals surface area contributed by atoms with Crippen LogP contribution in [0.2, 0.25) is 0 Å². The molecule has 0 spiro atoms. The molecule has 1 atom stereocenters. The lowest BCUT2D eigenvalue weighted by Gasteiger charge is -2.25. The predicted molar refractivity (Wildman–Crippen MR) is 89.3 cm³/mol. The predicted octanol–water partition coefficient (Wildman–Crippen LogP) is 0.501. The van der Waals surface area contributed by atoms with Gasteiger partial charge in [0.05, 0.1) is 6.04 Å². The Morgan fingerprint density at radius 3 is 2.79 bits per heavy atom. The minimum atomic E-state index is -0.680. The van der Waals surface area contributed by atoms with Crippen molar-refractivity contribution in [1.29, 1.82) is 0 Å². The molecule has 2 aromatic heterocycles. The molecule has 1 aliphatic rings. The molecule has 1 amide bonds. The first-order valence-electron chi connectivity index (χ1n) is 7.73. The van der Waals surface area contributed by atoms with Crippen molar-refractivity contribution in [2.75, 3.05) is 25.5 Å². The van der Waals surface area contributed by atoms with E-state index in [2.05, 4.69) is 15.0 Å². The Morgan fingerprint density at radius 2 is 2.08 bits per heavy atom. The highest BCUT2D eigenvalue weighted by molar-refractivity contribution is 5.92. The number of hydrogen-bond donors (Lipinski definition) is 2. The Bertz CT molecular complexity index is 842. The number of pyridine rings is 1. The fourth-order valence-electron chi connectivity index (χ4n) is 2.98. The van der Waals surface area contributed by atoms with E-state index in [1.54, 1.807) is 11.1 Å². The van der Waals surface area contributed by atoms with Crippen LogP contribution in [0, 0.1) is 0 Å². The van der Waals surface area contributed by atoms with Crippen LogP contribution in [0.15, 0.2) is 34.0 Å². The fraction of sp³-hybridized carbons (Fsp3) is 0.375. The average molecular weight is 329 g/mol. The Kier molecular flexibility index (Phi) is 4.20. The molecule has 0 saturated carbocycles. The minimum absolute atomic E-state index is 0.0116. The van der Waals surface area contributed by atoms with Gasteiger partial charge in [0.2, 0.25) is 0 Å². The number of nitrogens with one attached hydrogen (secondary N) is 2. The molecule has 1 unspecified atom stereocenters. The molecule has 0 radical (unpaired) electrons. The van der Waals surface area contributed by atoms with Crippen molar-refractivity contribution in [3.63, 3.8) is 0 Å². The summed E-state index contributed by atoms with van der Waals surface area (Å²) < 4.78 is 0. The van der Waals surface area contributed by atoms with E-state index in [4.69, 9.17) is 0 Å². The van der Waals surface area contributed by atoms with Crippen LogP contribution in [0.1, 0.15) is 34.9 Å². The van der Waals surface area contributed by atoms with Crippen molar-refractivity contribution in [2.45, 2.75) is 18.9 Å². The van der Waals surface area contributed by atoms with E-state index < -0.39 is 11.2 Å². The van der Waals surface area contributed by atoms with E-state index in [0.717, 1.165) is 30.3 Å². The number of amides is 1. The summed E-state index contributed by atoms with van der Waals surface area (Å²) in [4.78, 5) is 47.9. The number of carbonyl (C=O) groups is 1. The van der Waals surface area contributed by atoms with Gasteiger partial charge in [-0.3, -0.25) is 14.6 Å². The van der Waals surface area contributed by atoms with Crippen molar-refractivity contribution < 1.29 is 4.79 Å². The molecule has 1 fully saturated rings. The standard InChI is InChI=1S/C16H19N5O3/c1-20(2)13-8-10(5-6-17-13)12-4-3-7-21(12)15(23)11-9-14(22)19-16(24)18-11/h5-6,8-9,12H,3-4,7H2,1-2H3,(H2,18,19,22,24). The SMILES string of the molecule is CN(C)c1cc(C2CCCN2C(=O)c2cc(=O)[nH]c(=O)[nH]2)ccn1. The van der Waals surface area contributed by atoms with Gasteiger partial charge < -0.3 is 14.8 Å². The third-order valence-electron chi connectivity index (χ3n) is 4.12. The summed E-state index contributed by atoms with van der Waals surface area (Å²) in [6, 6.07) is 4.87. The van der Waals surface area contributed by atoms with Crippen LogP contribution >= 0.6 is 0 Å². The molecule has 126 valence electrons. The molecule has 3 heterocycles. The van der Waals surface area contributed by atoms with Crippen molar-refractivity contribution in [3.05, 3.63) is 56.5 Å². The van der Waals surface area contributed by atoms with Crippen molar-refractivity contribution >= 4 is 11.7 Å². The Balaban J connectivity index is 1.93. The average Bonchev–Trinajstić information content (AvgIpc) is 3.03. The zero-order valence-electron chi connectivity index (χ0n) is 13.6. The number of aromatic amines is 2. The second-order valence-electron chi connectivity index (χ2n) is 6.00. The van der Waals surface area contributed by atoms with Crippen LogP contribution in [-0.2, 0) is 0 Å². The summed E-state index contributed by atoms with van der Waals surface area (Å²) in [6.45, 7) is 0.581. The lowest BCUT2D eigenvalue weighted by atomic mass is 10.1. The van der Waals surface area contributed by atoms with Gasteiger partial charge in [0.1, 0.15) is 11.5 Å². The number of anilines is 1. The zero-order valence-corrected chi connectivity index (χ0v) is 13.6. The number of aromatic nitrogens is 3. The number of nitrogens with zero attached hydrogens (tertiary/aromatic N) is 3. The van der Waals surface area contributed by atoms with Crippen molar-refractivity contribution in [2.24, 2.45) is 0 Å². The van der Waals surface area contributed by atoms with E-state index in [1.807, 2.05) is 31.1 Å². The van der Waals surface area contributed by atoms with Crippen LogP contribution in [-0.4, -0.2) is 46.4 Å². The van der Waals surface area contributed by atoms with Crippen LogP contribution in [0.25, 0.3) is 0 Å². The summed E-state index contributed by atoms with van der Waals surface area (Å²) in [5.74, 6) is 0.472. The maximum absolute atomic E-state index is 12.7. The molecule has 0 bridgehead atoms. The van der Waals surface area contributed by atoms with E-state index in [1.165, 1.54) is 0 Å². The lowest BCUT2D eigenvalue weighted by Crippen LogP contribution is -2.34. The van der Waals surface area contributed by atoms with Crippen LogP contribution in [0.4, 0.5) is 5.82 Å². The topological polar surface area (TPSA) is 102 Å². The molecule has 2 aromatic rings. The Labute approximate surface area is 138 Å². The first-order chi connectivity index (χ1) is 11.5. The van der Waals surface area contributed by atoms with Gasteiger partial charge in [0.15, 0.2) is 0 Å². The van der Waals surface area contributed by atoms with Crippen LogP contribution < -0.4 is 16.1 Å². The third-order valence-corrected chi connectivity index (χ3v) is 4.12. The van der Waals surface area contributed by atoms with E-state index in [-0.39, 0.29) is 17.6 Å². The minimum Gasteiger partial charge on any atom is -0.363 e. The summed E-state index contributed by atoms with van der Waals surface area (Å²) in [7, 11) is 3.81. The normalized spacial score (nSPS) is 17.1. The molecule has 2 N–H and O–H groups in total. The molecule has 8 heteroatoms. The summed E-state index contributed by atoms with van der Waals surface area (Å²) in [5, 5.41) is 0. The highest BCUT2D eigenvalue weighted by Crippen LogP contribution is 2.33. The van der Waals surface area contributed by atoms with Crippen molar-refractivity contribution in [1.82, 2.24) is 19.9 Å². The van der Waals surface area contributed by atoms with Crippen molar-refractivity contribution in [3.8, 4) is 0 Å². The van der Waals surface area contributed by atoms with Gasteiger partial charge in [-0.2, -0.15) is 0 Å². The first kappa shape index (κ1) is 16.0. The lowest BCUT2D eigenvalue weighted by molar-refractivity contribution is 0.0729. The van der Waals surface area contributed by atoms with Gasteiger partial charge in [0.25, 0.3) is 11.5 Å². The molecule has 3 rings (SSSR count). The maximum Gasteiger partial charge on any atom is 0.326 e. The molecular weight excluding hydrogens is 310 g/mol. The summed E-state index contributed by atoms with van der Waals surface area (Å²) >= 11 is 0. The molecule has 8 nitrogen and oxygen atoms in total. The largest absolute Gasteiger partial charge is 0.363 e. The summed E-state index contributed by atoms with van der Waals surface area (Å²) in [6.07, 6.45) is 3.42. The summed E-state index contributed by atoms with van der Waals surface area (Å²) in [5.41, 5.74) is -0.263. The van der Waals surface area contributed by atoms with Crippen LogP contribution in [0.3, 0.4) is 0 Å². The number of hydrogen-bond acceptors (Lipinski definition) is 5. The quantitative estimate of drug-likeness (QED) is 0.854. The fourth-order valence-corrected chi connectivity index (χ4v) is 2.98. The van der Waals surface area contributed by atoms with Gasteiger partial charge in [-0.1, -0.05) is 0 Å². The third kappa shape index (κ3) is 3.08. The zero-order chi connectivity index (χ0) is 17.3. The van der Waals surface area contributed by atoms with E-state index in [0.29, 0.717) is 6.54 Å². The second-order valence-corrected chi connectivity index (χ2v) is 6.00. The molecule has 1 aliphatic heterocycles. The number of rotatable bonds is 3. The molecular formula is C16H19N5O3. The van der Waals surface area contributed by atoms with Gasteiger partial charge in [-0.05, 0) is 30.5 Å². The van der Waals surface area contributed by atoms with Gasteiger partial charge >= 0.3 is 5.69 Å². The molecule has 0 aliphatic carbocycles. The number of carbonyl (C=O) groups excluding carboxylic acids is 1.